The number of piperidine rings is 2. The van der Waals surface area contributed by atoms with E-state index in [0.29, 0.717) is 37.3 Å². The second-order valence-corrected chi connectivity index (χ2v) is 9.65. The fraction of sp³-hybridized carbons (Fsp3) is 0.429. The highest BCUT2D eigenvalue weighted by atomic mass is 19.4. The highest BCUT2D eigenvalue weighted by Crippen LogP contribution is 2.33. The summed E-state index contributed by atoms with van der Waals surface area (Å²) in [6.07, 6.45) is 0.957. The molecular formula is C28H30F6N4O4. The van der Waals surface area contributed by atoms with Crippen LogP contribution in [0.3, 0.4) is 0 Å². The number of pyridine rings is 2. The molecule has 0 amide bonds. The van der Waals surface area contributed by atoms with Crippen molar-refractivity contribution in [3.05, 3.63) is 58.9 Å². The van der Waals surface area contributed by atoms with E-state index in [4.69, 9.17) is 10.2 Å². The van der Waals surface area contributed by atoms with Gasteiger partial charge >= 0.3 is 24.3 Å². The minimum atomic E-state index is -4.51. The molecule has 14 heteroatoms. The summed E-state index contributed by atoms with van der Waals surface area (Å²) in [6.45, 7) is 2.51. The van der Waals surface area contributed by atoms with Crippen molar-refractivity contribution in [2.75, 3.05) is 36.0 Å². The van der Waals surface area contributed by atoms with E-state index in [1.807, 2.05) is 0 Å². The lowest BCUT2D eigenvalue weighted by atomic mass is 10.1. The summed E-state index contributed by atoms with van der Waals surface area (Å²) in [5.74, 6) is -1.91. The van der Waals surface area contributed by atoms with E-state index in [-0.39, 0.29) is 11.6 Å². The number of hydrogen-bond donors (Lipinski definition) is 2. The Kier molecular flexibility index (Phi) is 10.9. The number of halogens is 6. The van der Waals surface area contributed by atoms with Crippen LogP contribution in [0.25, 0.3) is 12.2 Å². The van der Waals surface area contributed by atoms with Crippen LogP contribution in [-0.4, -0.2) is 58.3 Å². The van der Waals surface area contributed by atoms with Crippen LogP contribution in [0.4, 0.5) is 38.0 Å². The van der Waals surface area contributed by atoms with E-state index < -0.39 is 35.7 Å². The number of carboxylic acids is 2. The first-order chi connectivity index (χ1) is 19.8. The Balaban J connectivity index is 0.000000230. The maximum Gasteiger partial charge on any atom is 0.433 e. The first kappa shape index (κ1) is 32.4. The summed E-state index contributed by atoms with van der Waals surface area (Å²) in [4.78, 5) is 32.1. The van der Waals surface area contributed by atoms with Gasteiger partial charge < -0.3 is 20.0 Å². The van der Waals surface area contributed by atoms with Crippen molar-refractivity contribution < 1.29 is 46.1 Å². The third kappa shape index (κ3) is 9.48. The average molecular weight is 601 g/mol. The van der Waals surface area contributed by atoms with Gasteiger partial charge in [0.25, 0.3) is 0 Å². The number of aliphatic carboxylic acids is 2. The molecule has 0 unspecified atom stereocenters. The van der Waals surface area contributed by atoms with Gasteiger partial charge in [0.2, 0.25) is 0 Å². The zero-order valence-electron chi connectivity index (χ0n) is 22.5. The van der Waals surface area contributed by atoms with E-state index >= 15 is 0 Å². The van der Waals surface area contributed by atoms with Crippen molar-refractivity contribution in [1.29, 1.82) is 0 Å². The quantitative estimate of drug-likeness (QED) is 0.291. The average Bonchev–Trinajstić information content (AvgIpc) is 2.95. The molecule has 2 aliphatic heterocycles. The summed E-state index contributed by atoms with van der Waals surface area (Å²) >= 11 is 0. The molecule has 2 fully saturated rings. The molecule has 0 radical (unpaired) electrons. The highest BCUT2D eigenvalue weighted by molar-refractivity contribution is 5.87. The number of anilines is 2. The maximum absolute atomic E-state index is 12.8. The Morgan fingerprint density at radius 3 is 1.24 bits per heavy atom. The number of alkyl halides is 6. The summed E-state index contributed by atoms with van der Waals surface area (Å²) in [5.41, 5.74) is -1.16. The van der Waals surface area contributed by atoms with Gasteiger partial charge in [-0.15, -0.1) is 0 Å². The molecule has 2 aromatic heterocycles. The molecule has 4 rings (SSSR count). The molecule has 228 valence electrons. The van der Waals surface area contributed by atoms with Gasteiger partial charge in [-0.2, -0.15) is 26.3 Å². The summed E-state index contributed by atoms with van der Waals surface area (Å²) in [7, 11) is 0. The Bertz CT molecular complexity index is 1200. The lowest BCUT2D eigenvalue weighted by Gasteiger charge is -2.29. The zero-order valence-corrected chi connectivity index (χ0v) is 22.5. The normalized spacial score (nSPS) is 16.4. The van der Waals surface area contributed by atoms with Crippen molar-refractivity contribution in [3.8, 4) is 0 Å². The van der Waals surface area contributed by atoms with Gasteiger partial charge in [-0.3, -0.25) is 0 Å². The van der Waals surface area contributed by atoms with Crippen LogP contribution >= 0.6 is 0 Å². The predicted octanol–water partition coefficient (Wildman–Crippen LogP) is 6.38. The summed E-state index contributed by atoms with van der Waals surface area (Å²) < 4.78 is 76.7. The van der Waals surface area contributed by atoms with Gasteiger partial charge in [0.15, 0.2) is 0 Å². The smallest absolute Gasteiger partial charge is 0.433 e. The first-order valence-corrected chi connectivity index (χ1v) is 13.2. The standard InChI is InChI=1S/2C14H15F3N2O2/c2*15-14(16,17)11-6-4-10(5-7-12(20)21)13(18-11)19-8-2-1-3-9-19/h2*4-7H,1-3,8-9H2,(H,20,21). The fourth-order valence-corrected chi connectivity index (χ4v) is 4.53. The Hall–Kier alpha value is -4.10. The van der Waals surface area contributed by atoms with Crippen molar-refractivity contribution in [3.63, 3.8) is 0 Å². The van der Waals surface area contributed by atoms with E-state index in [0.717, 1.165) is 62.8 Å². The minimum Gasteiger partial charge on any atom is -0.478 e. The van der Waals surface area contributed by atoms with Crippen LogP contribution in [0.15, 0.2) is 36.4 Å². The van der Waals surface area contributed by atoms with Gasteiger partial charge in [-0.25, -0.2) is 19.6 Å². The van der Waals surface area contributed by atoms with E-state index in [1.165, 1.54) is 24.3 Å². The Morgan fingerprint density at radius 2 is 0.952 bits per heavy atom. The predicted molar refractivity (Wildman–Crippen MR) is 144 cm³/mol. The van der Waals surface area contributed by atoms with Crippen LogP contribution < -0.4 is 9.80 Å². The number of aromatic nitrogens is 2. The van der Waals surface area contributed by atoms with Gasteiger partial charge in [0.05, 0.1) is 0 Å². The second-order valence-electron chi connectivity index (χ2n) is 9.65. The molecule has 2 aliphatic rings. The number of hydrogen-bond acceptors (Lipinski definition) is 6. The SMILES string of the molecule is O=C(O)C=Cc1ccc(C(F)(F)F)nc1N1CCCCC1.O=C(O)C=Cc1ccc(C(F)(F)F)nc1N1CCCCC1. The number of rotatable bonds is 6. The molecule has 2 saturated heterocycles. The molecule has 2 aromatic rings. The van der Waals surface area contributed by atoms with Crippen molar-refractivity contribution in [2.24, 2.45) is 0 Å². The van der Waals surface area contributed by atoms with Crippen LogP contribution in [0.5, 0.6) is 0 Å². The van der Waals surface area contributed by atoms with Crippen LogP contribution in [-0.2, 0) is 21.9 Å². The number of nitrogens with zero attached hydrogens (tertiary/aromatic N) is 4. The summed E-state index contributed by atoms with van der Waals surface area (Å²) in [6, 6.07) is 4.27. The third-order valence-corrected chi connectivity index (χ3v) is 6.51. The molecule has 42 heavy (non-hydrogen) atoms. The molecule has 0 spiro atoms. The lowest BCUT2D eigenvalue weighted by molar-refractivity contribution is -0.141. The molecule has 8 nitrogen and oxygen atoms in total. The van der Waals surface area contributed by atoms with Gasteiger partial charge in [0, 0.05) is 49.5 Å². The second kappa shape index (κ2) is 14.2. The third-order valence-electron chi connectivity index (χ3n) is 6.51. The minimum absolute atomic E-state index is 0.196. The van der Waals surface area contributed by atoms with Crippen molar-refractivity contribution >= 4 is 35.7 Å². The topological polar surface area (TPSA) is 107 Å². The molecule has 0 bridgehead atoms. The van der Waals surface area contributed by atoms with Gasteiger partial charge in [-0.1, -0.05) is 0 Å². The van der Waals surface area contributed by atoms with Gasteiger partial charge in [0.1, 0.15) is 23.0 Å². The molecule has 2 N–H and O–H groups in total. The highest BCUT2D eigenvalue weighted by Gasteiger charge is 2.34. The Labute approximate surface area is 238 Å². The largest absolute Gasteiger partial charge is 0.478 e. The van der Waals surface area contributed by atoms with E-state index in [9.17, 15) is 35.9 Å². The maximum atomic E-state index is 12.8. The lowest BCUT2D eigenvalue weighted by Crippen LogP contribution is -2.31. The van der Waals surface area contributed by atoms with Crippen molar-refractivity contribution in [1.82, 2.24) is 9.97 Å². The van der Waals surface area contributed by atoms with Crippen molar-refractivity contribution in [2.45, 2.75) is 50.9 Å². The number of carbonyl (C=O) groups is 2. The van der Waals surface area contributed by atoms with Crippen LogP contribution in [0.2, 0.25) is 0 Å². The number of carboxylic acid groups (broad SMARTS) is 2. The molecule has 4 heterocycles. The van der Waals surface area contributed by atoms with Gasteiger partial charge in [-0.05, 0) is 74.9 Å². The fourth-order valence-electron chi connectivity index (χ4n) is 4.53. The summed E-state index contributed by atoms with van der Waals surface area (Å²) in [5, 5.41) is 17.3. The molecule has 0 aliphatic carbocycles. The monoisotopic (exact) mass is 600 g/mol. The van der Waals surface area contributed by atoms with Crippen LogP contribution in [0.1, 0.15) is 61.0 Å². The van der Waals surface area contributed by atoms with Crippen LogP contribution in [0, 0.1) is 0 Å². The zero-order chi connectivity index (χ0) is 30.9. The van der Waals surface area contributed by atoms with E-state index in [1.54, 1.807) is 9.80 Å². The first-order valence-electron chi connectivity index (χ1n) is 13.2. The van der Waals surface area contributed by atoms with E-state index in [2.05, 4.69) is 9.97 Å². The molecule has 0 saturated carbocycles. The molecule has 0 aromatic carbocycles. The molecular weight excluding hydrogens is 570 g/mol. The molecule has 0 atom stereocenters. The Morgan fingerprint density at radius 1 is 0.619 bits per heavy atom.